The summed E-state index contributed by atoms with van der Waals surface area (Å²) in [5, 5.41) is 0. The van der Waals surface area contributed by atoms with E-state index in [1.807, 2.05) is 30.3 Å². The number of anilines is 1. The van der Waals surface area contributed by atoms with Crippen LogP contribution in [-0.2, 0) is 21.1 Å². The summed E-state index contributed by atoms with van der Waals surface area (Å²) in [6, 6.07) is 19.6. The maximum absolute atomic E-state index is 13.4. The molecule has 0 saturated heterocycles. The molecule has 1 aliphatic rings. The highest BCUT2D eigenvalue weighted by Gasteiger charge is 2.36. The molecule has 3 aromatic rings. The highest BCUT2D eigenvalue weighted by atomic mass is 32.2. The van der Waals surface area contributed by atoms with Crippen molar-refractivity contribution in [2.24, 2.45) is 0 Å². The highest BCUT2D eigenvalue weighted by molar-refractivity contribution is 7.91. The van der Waals surface area contributed by atoms with E-state index in [0.717, 1.165) is 5.56 Å². The van der Waals surface area contributed by atoms with Crippen LogP contribution >= 0.6 is 0 Å². The zero-order valence-electron chi connectivity index (χ0n) is 16.2. The van der Waals surface area contributed by atoms with E-state index >= 15 is 0 Å². The minimum absolute atomic E-state index is 0.0234. The van der Waals surface area contributed by atoms with Crippen molar-refractivity contribution < 1.29 is 22.7 Å². The minimum Gasteiger partial charge on any atom is -0.462 e. The first-order valence-corrected chi connectivity index (χ1v) is 10.9. The predicted molar refractivity (Wildman–Crippen MR) is 111 cm³/mol. The average Bonchev–Trinajstić information content (AvgIpc) is 2.83. The van der Waals surface area contributed by atoms with Gasteiger partial charge in [-0.2, -0.15) is 0 Å². The molecule has 0 radical (unpaired) electrons. The van der Waals surface area contributed by atoms with Crippen molar-refractivity contribution in [1.29, 1.82) is 0 Å². The molecule has 0 saturated carbocycles. The Bertz CT molecular complexity index is 1240. The van der Waals surface area contributed by atoms with Crippen molar-refractivity contribution in [2.75, 3.05) is 11.5 Å². The maximum Gasteiger partial charge on any atom is 0.338 e. The molecule has 0 unspecified atom stereocenters. The van der Waals surface area contributed by atoms with Crippen LogP contribution in [0.5, 0.6) is 0 Å². The second-order valence-corrected chi connectivity index (χ2v) is 8.67. The molecule has 0 atom stereocenters. The first-order chi connectivity index (χ1) is 14.4. The summed E-state index contributed by atoms with van der Waals surface area (Å²) >= 11 is 0. The lowest BCUT2D eigenvalue weighted by molar-refractivity contribution is 0.0526. The number of amides is 1. The molecular formula is C23H19NO5S. The second kappa shape index (κ2) is 7.76. The molecule has 0 bridgehead atoms. The third kappa shape index (κ3) is 3.37. The number of carbonyl (C=O) groups excluding carboxylic acids is 2. The van der Waals surface area contributed by atoms with Gasteiger partial charge in [0.15, 0.2) is 0 Å². The first kappa shape index (κ1) is 19.8. The van der Waals surface area contributed by atoms with Crippen molar-refractivity contribution in [2.45, 2.75) is 23.3 Å². The van der Waals surface area contributed by atoms with Gasteiger partial charge in [-0.3, -0.25) is 4.79 Å². The van der Waals surface area contributed by atoms with Crippen molar-refractivity contribution in [3.63, 3.8) is 0 Å². The number of benzene rings is 3. The van der Waals surface area contributed by atoms with E-state index in [1.165, 1.54) is 35.2 Å². The van der Waals surface area contributed by atoms with Gasteiger partial charge < -0.3 is 9.64 Å². The summed E-state index contributed by atoms with van der Waals surface area (Å²) < 4.78 is 31.8. The molecule has 0 spiro atoms. The van der Waals surface area contributed by atoms with E-state index in [0.29, 0.717) is 0 Å². The van der Waals surface area contributed by atoms with Gasteiger partial charge in [-0.1, -0.05) is 42.5 Å². The molecule has 0 aliphatic carbocycles. The topological polar surface area (TPSA) is 80.8 Å². The lowest BCUT2D eigenvalue weighted by atomic mass is 10.1. The van der Waals surface area contributed by atoms with Gasteiger partial charge in [-0.05, 0) is 42.8 Å². The van der Waals surface area contributed by atoms with E-state index in [4.69, 9.17) is 4.74 Å². The van der Waals surface area contributed by atoms with Gasteiger partial charge >= 0.3 is 5.97 Å². The van der Waals surface area contributed by atoms with Gasteiger partial charge in [0.05, 0.1) is 39.8 Å². The number of nitrogens with zero attached hydrogens (tertiary/aromatic N) is 1. The Hall–Kier alpha value is -3.45. The van der Waals surface area contributed by atoms with Crippen LogP contribution in [0.2, 0.25) is 0 Å². The van der Waals surface area contributed by atoms with Gasteiger partial charge in [-0.15, -0.1) is 0 Å². The lowest BCUT2D eigenvalue weighted by Gasteiger charge is -2.23. The lowest BCUT2D eigenvalue weighted by Crippen LogP contribution is -2.30. The van der Waals surface area contributed by atoms with E-state index in [2.05, 4.69) is 0 Å². The quantitative estimate of drug-likeness (QED) is 0.598. The predicted octanol–water partition coefficient (Wildman–Crippen LogP) is 3.86. The molecule has 0 N–H and O–H groups in total. The SMILES string of the molecule is CCOC(=O)c1ccc2c(c1)N(Cc1ccccc1)C(=O)c1ccccc1S2(=O)=O. The van der Waals surface area contributed by atoms with Crippen LogP contribution in [0.15, 0.2) is 82.6 Å². The normalized spacial score (nSPS) is 14.4. The van der Waals surface area contributed by atoms with E-state index in [1.54, 1.807) is 19.1 Å². The molecule has 1 aliphatic heterocycles. The summed E-state index contributed by atoms with van der Waals surface area (Å²) in [6.45, 7) is 2.03. The van der Waals surface area contributed by atoms with Gasteiger partial charge in [0.25, 0.3) is 5.91 Å². The number of carbonyl (C=O) groups is 2. The fourth-order valence-electron chi connectivity index (χ4n) is 3.47. The molecule has 7 heteroatoms. The summed E-state index contributed by atoms with van der Waals surface area (Å²) in [7, 11) is -3.97. The second-order valence-electron chi connectivity index (χ2n) is 6.78. The average molecular weight is 421 g/mol. The Morgan fingerprint density at radius 1 is 0.933 bits per heavy atom. The molecule has 4 rings (SSSR count). The zero-order chi connectivity index (χ0) is 21.3. The largest absolute Gasteiger partial charge is 0.462 e. The minimum atomic E-state index is -3.97. The molecule has 1 heterocycles. The monoisotopic (exact) mass is 421 g/mol. The van der Waals surface area contributed by atoms with Gasteiger partial charge in [0.2, 0.25) is 9.84 Å². The fourth-order valence-corrected chi connectivity index (χ4v) is 5.10. The standard InChI is InChI=1S/C23H19NO5S/c1-2-29-23(26)17-12-13-21-19(14-17)24(15-16-8-4-3-5-9-16)22(25)18-10-6-7-11-20(18)30(21,27)28/h3-14H,2,15H2,1H3. The van der Waals surface area contributed by atoms with E-state index < -0.39 is 21.7 Å². The third-order valence-electron chi connectivity index (χ3n) is 4.89. The maximum atomic E-state index is 13.4. The number of ether oxygens (including phenoxy) is 1. The van der Waals surface area contributed by atoms with Gasteiger partial charge in [-0.25, -0.2) is 13.2 Å². The number of rotatable bonds is 4. The van der Waals surface area contributed by atoms with Gasteiger partial charge in [0, 0.05) is 0 Å². The number of esters is 1. The molecule has 30 heavy (non-hydrogen) atoms. The smallest absolute Gasteiger partial charge is 0.338 e. The Morgan fingerprint density at radius 3 is 2.37 bits per heavy atom. The summed E-state index contributed by atoms with van der Waals surface area (Å²) in [4.78, 5) is 27.0. The van der Waals surface area contributed by atoms with Crippen LogP contribution in [-0.4, -0.2) is 26.9 Å². The molecule has 152 valence electrons. The van der Waals surface area contributed by atoms with Crippen molar-refractivity contribution in [1.82, 2.24) is 0 Å². The fraction of sp³-hybridized carbons (Fsp3) is 0.130. The molecule has 0 fully saturated rings. The Kier molecular flexibility index (Phi) is 5.13. The van der Waals surface area contributed by atoms with Crippen LogP contribution in [0.1, 0.15) is 33.2 Å². The molecular weight excluding hydrogens is 402 g/mol. The number of hydrogen-bond acceptors (Lipinski definition) is 5. The Labute approximate surface area is 174 Å². The molecule has 6 nitrogen and oxygen atoms in total. The van der Waals surface area contributed by atoms with E-state index in [-0.39, 0.29) is 39.8 Å². The first-order valence-electron chi connectivity index (χ1n) is 9.44. The zero-order valence-corrected chi connectivity index (χ0v) is 17.1. The van der Waals surface area contributed by atoms with Crippen molar-refractivity contribution >= 4 is 27.4 Å². The Balaban J connectivity index is 1.96. The van der Waals surface area contributed by atoms with Crippen LogP contribution in [0.3, 0.4) is 0 Å². The Morgan fingerprint density at radius 2 is 1.63 bits per heavy atom. The van der Waals surface area contributed by atoms with Crippen LogP contribution < -0.4 is 4.90 Å². The van der Waals surface area contributed by atoms with Crippen LogP contribution in [0.25, 0.3) is 0 Å². The highest BCUT2D eigenvalue weighted by Crippen LogP contribution is 2.38. The van der Waals surface area contributed by atoms with Gasteiger partial charge in [0.1, 0.15) is 0 Å². The van der Waals surface area contributed by atoms with E-state index in [9.17, 15) is 18.0 Å². The molecule has 3 aromatic carbocycles. The molecule has 0 aromatic heterocycles. The van der Waals surface area contributed by atoms with Crippen LogP contribution in [0, 0.1) is 0 Å². The summed E-state index contributed by atoms with van der Waals surface area (Å²) in [6.07, 6.45) is 0. The van der Waals surface area contributed by atoms with Crippen molar-refractivity contribution in [3.05, 3.63) is 89.5 Å². The van der Waals surface area contributed by atoms with Crippen molar-refractivity contribution in [3.8, 4) is 0 Å². The number of hydrogen-bond donors (Lipinski definition) is 0. The van der Waals surface area contributed by atoms with Crippen LogP contribution in [0.4, 0.5) is 5.69 Å². The summed E-state index contributed by atoms with van der Waals surface area (Å²) in [5.74, 6) is -1.02. The molecule has 1 amide bonds. The summed E-state index contributed by atoms with van der Waals surface area (Å²) in [5.41, 5.74) is 1.27. The third-order valence-corrected chi connectivity index (χ3v) is 6.75. The number of fused-ring (bicyclic) bond motifs is 2. The number of sulfone groups is 1.